The Morgan fingerprint density at radius 1 is 0.981 bits per heavy atom. The Morgan fingerprint density at radius 3 is 2.37 bits per heavy atom. The molecule has 52 heavy (non-hydrogen) atoms. The molecule has 2 N–H and O–H groups in total. The first-order chi connectivity index (χ1) is 24.7. The Balaban J connectivity index is 1.53. The zero-order valence-electron chi connectivity index (χ0n) is 31.1. The standard InChI is InChI=1S/C37H52N6O9/c1-7-15-38-34(47)29-10-9-16-43(29)31(44)23-51-30-22-28(39-27-21-24(3)11-12-25(27)30)33(46)40-26(13-14-32(45)52-37(4,5)6)35(48)41-17-19-42(20-18-41)36(49)50-8-2/h11-12,21-22,26,29H,7-10,13-20,23H2,1-6H3,(H,38,47)(H,40,46). The first-order valence-corrected chi connectivity index (χ1v) is 18.0. The van der Waals surface area contributed by atoms with Gasteiger partial charge in [-0.2, -0.15) is 0 Å². The number of benzene rings is 1. The molecular formula is C37H52N6O9. The number of ether oxygens (including phenoxy) is 3. The summed E-state index contributed by atoms with van der Waals surface area (Å²) in [5, 5.41) is 6.21. The van der Waals surface area contributed by atoms with Gasteiger partial charge in [-0.25, -0.2) is 9.78 Å². The van der Waals surface area contributed by atoms with E-state index in [-0.39, 0.29) is 75.5 Å². The topological polar surface area (TPSA) is 177 Å². The maximum Gasteiger partial charge on any atom is 0.409 e. The molecule has 2 aromatic rings. The second-order valence-electron chi connectivity index (χ2n) is 14.0. The molecule has 0 saturated carbocycles. The van der Waals surface area contributed by atoms with Gasteiger partial charge >= 0.3 is 12.1 Å². The van der Waals surface area contributed by atoms with Crippen molar-refractivity contribution in [2.24, 2.45) is 0 Å². The third kappa shape index (κ3) is 10.8. The van der Waals surface area contributed by atoms with Crippen molar-refractivity contribution in [2.75, 3.05) is 52.5 Å². The molecular weight excluding hydrogens is 672 g/mol. The van der Waals surface area contributed by atoms with Crippen LogP contribution in [0.3, 0.4) is 0 Å². The lowest BCUT2D eigenvalue weighted by Gasteiger charge is -2.36. The van der Waals surface area contributed by atoms with Gasteiger partial charge < -0.3 is 39.5 Å². The van der Waals surface area contributed by atoms with Crippen LogP contribution in [0.25, 0.3) is 10.9 Å². The van der Waals surface area contributed by atoms with Gasteiger partial charge in [0.2, 0.25) is 11.8 Å². The summed E-state index contributed by atoms with van der Waals surface area (Å²) in [6.45, 7) is 12.6. The molecule has 5 amide bonds. The van der Waals surface area contributed by atoms with Crippen LogP contribution in [-0.4, -0.2) is 126 Å². The second kappa shape index (κ2) is 18.0. The van der Waals surface area contributed by atoms with E-state index < -0.39 is 41.6 Å². The fraction of sp³-hybridized carbons (Fsp3) is 0.595. The van der Waals surface area contributed by atoms with Crippen molar-refractivity contribution < 1.29 is 43.0 Å². The van der Waals surface area contributed by atoms with Gasteiger partial charge in [0.05, 0.1) is 12.1 Å². The summed E-state index contributed by atoms with van der Waals surface area (Å²) in [7, 11) is 0. The molecule has 2 atom stereocenters. The summed E-state index contributed by atoms with van der Waals surface area (Å²) in [5.74, 6) is -1.92. The van der Waals surface area contributed by atoms with Crippen LogP contribution in [-0.2, 0) is 28.7 Å². The van der Waals surface area contributed by atoms with E-state index in [1.54, 1.807) is 44.7 Å². The van der Waals surface area contributed by atoms with E-state index in [9.17, 15) is 28.8 Å². The van der Waals surface area contributed by atoms with Gasteiger partial charge in [0, 0.05) is 57.1 Å². The monoisotopic (exact) mass is 724 g/mol. The maximum atomic E-state index is 13.9. The number of piperazine rings is 1. The van der Waals surface area contributed by atoms with Crippen molar-refractivity contribution >= 4 is 46.6 Å². The number of carbonyl (C=O) groups is 6. The Morgan fingerprint density at radius 2 is 1.69 bits per heavy atom. The van der Waals surface area contributed by atoms with Crippen molar-refractivity contribution in [3.05, 3.63) is 35.5 Å². The number of likely N-dealkylation sites (tertiary alicyclic amines) is 1. The van der Waals surface area contributed by atoms with E-state index >= 15 is 0 Å². The van der Waals surface area contributed by atoms with E-state index in [1.807, 2.05) is 19.9 Å². The minimum Gasteiger partial charge on any atom is -0.483 e. The van der Waals surface area contributed by atoms with Gasteiger partial charge in [-0.1, -0.05) is 13.0 Å². The Bertz CT molecular complexity index is 1630. The molecule has 0 bridgehead atoms. The number of esters is 1. The van der Waals surface area contributed by atoms with Crippen LogP contribution < -0.4 is 15.4 Å². The zero-order valence-corrected chi connectivity index (χ0v) is 31.1. The fourth-order valence-corrected chi connectivity index (χ4v) is 6.16. The molecule has 3 heterocycles. The third-order valence-corrected chi connectivity index (χ3v) is 8.71. The number of amides is 5. The number of nitrogens with zero attached hydrogens (tertiary/aromatic N) is 4. The van der Waals surface area contributed by atoms with Crippen LogP contribution in [0.1, 0.15) is 82.8 Å². The fourth-order valence-electron chi connectivity index (χ4n) is 6.16. The van der Waals surface area contributed by atoms with E-state index in [4.69, 9.17) is 14.2 Å². The normalized spacial score (nSPS) is 16.7. The number of carbonyl (C=O) groups excluding carboxylic acids is 6. The van der Waals surface area contributed by atoms with Gasteiger partial charge in [0.1, 0.15) is 29.1 Å². The molecule has 0 spiro atoms. The van der Waals surface area contributed by atoms with E-state index in [0.29, 0.717) is 36.8 Å². The first kappa shape index (κ1) is 39.8. The van der Waals surface area contributed by atoms with E-state index in [2.05, 4.69) is 15.6 Å². The molecule has 2 saturated heterocycles. The highest BCUT2D eigenvalue weighted by molar-refractivity contribution is 5.99. The highest BCUT2D eigenvalue weighted by atomic mass is 16.6. The number of hydrogen-bond acceptors (Lipinski definition) is 10. The molecule has 1 aromatic heterocycles. The van der Waals surface area contributed by atoms with Crippen molar-refractivity contribution in [1.29, 1.82) is 0 Å². The van der Waals surface area contributed by atoms with Crippen LogP contribution in [0.5, 0.6) is 5.75 Å². The lowest BCUT2D eigenvalue weighted by atomic mass is 10.1. The average molecular weight is 725 g/mol. The van der Waals surface area contributed by atoms with Crippen molar-refractivity contribution in [1.82, 2.24) is 30.3 Å². The van der Waals surface area contributed by atoms with Crippen LogP contribution in [0.4, 0.5) is 4.79 Å². The summed E-state index contributed by atoms with van der Waals surface area (Å²) >= 11 is 0. The second-order valence-corrected chi connectivity index (χ2v) is 14.0. The number of rotatable bonds is 13. The lowest BCUT2D eigenvalue weighted by molar-refractivity contribution is -0.155. The number of aromatic nitrogens is 1. The molecule has 2 fully saturated rings. The summed E-state index contributed by atoms with van der Waals surface area (Å²) in [4.78, 5) is 87.7. The smallest absolute Gasteiger partial charge is 0.409 e. The largest absolute Gasteiger partial charge is 0.483 e. The number of nitrogens with one attached hydrogen (secondary N) is 2. The maximum absolute atomic E-state index is 13.9. The number of fused-ring (bicyclic) bond motifs is 1. The molecule has 0 radical (unpaired) electrons. The predicted octanol–water partition coefficient (Wildman–Crippen LogP) is 2.96. The van der Waals surface area contributed by atoms with Crippen molar-refractivity contribution in [2.45, 2.75) is 91.3 Å². The summed E-state index contributed by atoms with van der Waals surface area (Å²) in [6.07, 6.45) is 1.42. The zero-order chi connectivity index (χ0) is 38.0. The van der Waals surface area contributed by atoms with Gasteiger partial charge in [-0.3, -0.25) is 24.0 Å². The molecule has 15 nitrogen and oxygen atoms in total. The van der Waals surface area contributed by atoms with Crippen LogP contribution in [0, 0.1) is 6.92 Å². The van der Waals surface area contributed by atoms with Crippen molar-refractivity contribution in [3.63, 3.8) is 0 Å². The summed E-state index contributed by atoms with van der Waals surface area (Å²) in [6, 6.07) is 5.18. The van der Waals surface area contributed by atoms with Crippen LogP contribution >= 0.6 is 0 Å². The molecule has 2 aliphatic rings. The molecule has 0 aliphatic carbocycles. The van der Waals surface area contributed by atoms with Gasteiger partial charge in [-0.15, -0.1) is 0 Å². The average Bonchev–Trinajstić information content (AvgIpc) is 3.60. The highest BCUT2D eigenvalue weighted by Gasteiger charge is 2.35. The SMILES string of the molecule is CCCNC(=O)C1CCCN1C(=O)COc1cc(C(=O)NC(CCC(=O)OC(C)(C)C)C(=O)N2CCN(C(=O)OCC)CC2)nc2cc(C)ccc12. The Labute approximate surface area is 304 Å². The number of pyridine rings is 1. The minimum absolute atomic E-state index is 0.0367. The van der Waals surface area contributed by atoms with Crippen LogP contribution in [0.2, 0.25) is 0 Å². The van der Waals surface area contributed by atoms with Crippen LogP contribution in [0.15, 0.2) is 24.3 Å². The summed E-state index contributed by atoms with van der Waals surface area (Å²) in [5.41, 5.74) is 0.538. The predicted molar refractivity (Wildman–Crippen MR) is 192 cm³/mol. The van der Waals surface area contributed by atoms with E-state index in [1.165, 1.54) is 15.9 Å². The van der Waals surface area contributed by atoms with E-state index in [0.717, 1.165) is 12.0 Å². The Hall–Kier alpha value is -4.95. The molecule has 2 unspecified atom stereocenters. The third-order valence-electron chi connectivity index (χ3n) is 8.71. The molecule has 15 heteroatoms. The van der Waals surface area contributed by atoms with Gasteiger partial charge in [-0.05, 0) is 78.0 Å². The quantitative estimate of drug-likeness (QED) is 0.292. The summed E-state index contributed by atoms with van der Waals surface area (Å²) < 4.78 is 16.6. The highest BCUT2D eigenvalue weighted by Crippen LogP contribution is 2.27. The van der Waals surface area contributed by atoms with Crippen molar-refractivity contribution in [3.8, 4) is 5.75 Å². The lowest BCUT2D eigenvalue weighted by Crippen LogP contribution is -2.56. The Kier molecular flexibility index (Phi) is 13.8. The number of hydrogen-bond donors (Lipinski definition) is 2. The van der Waals surface area contributed by atoms with Gasteiger partial charge in [0.25, 0.3) is 11.8 Å². The molecule has 2 aliphatic heterocycles. The first-order valence-electron chi connectivity index (χ1n) is 18.0. The number of aryl methyl sites for hydroxylation is 1. The molecule has 1 aromatic carbocycles. The minimum atomic E-state index is -1.11. The molecule has 4 rings (SSSR count). The van der Waals surface area contributed by atoms with Gasteiger partial charge in [0.15, 0.2) is 6.61 Å². The molecule has 284 valence electrons.